The van der Waals surface area contributed by atoms with Crippen LogP contribution in [0.4, 0.5) is 43.9 Å². The van der Waals surface area contributed by atoms with Crippen LogP contribution in [0.3, 0.4) is 0 Å². The Morgan fingerprint density at radius 1 is 0.958 bits per heavy atom. The molecule has 0 unspecified atom stereocenters. The number of aryl methyl sites for hydroxylation is 2. The highest BCUT2D eigenvalue weighted by Gasteiger charge is 2.78. The minimum atomic E-state index is -8.51. The number of rotatable bonds is 2. The Labute approximate surface area is 127 Å². The number of aromatic amines is 1. The van der Waals surface area contributed by atoms with E-state index in [1.54, 1.807) is 0 Å². The first-order valence-electron chi connectivity index (χ1n) is 5.50. The van der Waals surface area contributed by atoms with Gasteiger partial charge in [-0.15, -0.1) is 0 Å². The number of imidazole rings is 1. The third-order valence-electron chi connectivity index (χ3n) is 2.54. The van der Waals surface area contributed by atoms with Gasteiger partial charge in [-0.2, -0.15) is 43.9 Å². The molecule has 4 nitrogen and oxygen atoms in total. The van der Waals surface area contributed by atoms with Gasteiger partial charge in [0, 0.05) is 6.92 Å². The summed E-state index contributed by atoms with van der Waals surface area (Å²) < 4.78 is 129. The van der Waals surface area contributed by atoms with Crippen LogP contribution in [0.5, 0.6) is 0 Å². The van der Waals surface area contributed by atoms with Gasteiger partial charge in [-0.25, -0.2) is 9.55 Å². The summed E-state index contributed by atoms with van der Waals surface area (Å²) in [5, 5.41) is 0. The second-order valence-electron chi connectivity index (χ2n) is 4.29. The zero-order chi connectivity index (χ0) is 19.8. The molecule has 0 aliphatic rings. The molecule has 0 amide bonds. The third-order valence-corrected chi connectivity index (χ3v) is 4.53. The van der Waals surface area contributed by atoms with Gasteiger partial charge in [0.1, 0.15) is 12.4 Å². The maximum Gasteiger partial charge on any atom is 0.459 e. The van der Waals surface area contributed by atoms with E-state index in [0.29, 0.717) is 0 Å². The molecule has 142 valence electrons. The Balaban J connectivity index is 0.000000620. The Hall–Kier alpha value is -1.30. The number of hydrogen-bond acceptors (Lipinski definition) is 2. The van der Waals surface area contributed by atoms with Crippen molar-refractivity contribution in [1.82, 2.24) is 4.98 Å². The standard InChI is InChI=1S/C5H8N2.C4HF10O2P/c1-5-6-3-4-7(5)2;5-1(6,7)3(11,12)17(15,16)4(13,14)2(8,9)10/h3-4H,1-2H3;(H,15,16). The molecule has 1 rings (SSSR count). The molecule has 1 aromatic rings. The molecule has 0 aliphatic carbocycles. The number of nitrogens with zero attached hydrogens (tertiary/aromatic N) is 1. The van der Waals surface area contributed by atoms with Gasteiger partial charge >= 0.3 is 23.7 Å². The lowest BCUT2D eigenvalue weighted by Crippen LogP contribution is -2.50. The SMILES string of the molecule is Cc1[nH]cc[n+]1C.O=P([O-])(C(F)(F)C(F)(F)F)C(F)(F)C(F)(F)F. The van der Waals surface area contributed by atoms with Crippen molar-refractivity contribution in [3.63, 3.8) is 0 Å². The van der Waals surface area contributed by atoms with Crippen molar-refractivity contribution >= 4 is 7.37 Å². The minimum absolute atomic E-state index is 1.18. The van der Waals surface area contributed by atoms with E-state index in [1.807, 2.05) is 30.9 Å². The number of nitrogens with one attached hydrogen (secondary N) is 1. The summed E-state index contributed by atoms with van der Waals surface area (Å²) in [5.41, 5.74) is -14.4. The van der Waals surface area contributed by atoms with E-state index >= 15 is 0 Å². The molecule has 0 atom stereocenters. The Morgan fingerprint density at radius 2 is 1.29 bits per heavy atom. The lowest BCUT2D eigenvalue weighted by molar-refractivity contribution is -0.676. The molecule has 0 saturated heterocycles. The van der Waals surface area contributed by atoms with E-state index in [1.165, 1.54) is 5.82 Å². The molecular weight excluding hydrogens is 389 g/mol. The number of aromatic nitrogens is 2. The molecule has 0 saturated carbocycles. The Kier molecular flexibility index (Phi) is 6.19. The van der Waals surface area contributed by atoms with Crippen LogP contribution in [0, 0.1) is 6.92 Å². The highest BCUT2D eigenvalue weighted by atomic mass is 31.2. The van der Waals surface area contributed by atoms with Crippen molar-refractivity contribution in [3.8, 4) is 0 Å². The fourth-order valence-electron chi connectivity index (χ4n) is 0.993. The Bertz CT molecular complexity index is 560. The summed E-state index contributed by atoms with van der Waals surface area (Å²) in [7, 11) is -6.50. The van der Waals surface area contributed by atoms with E-state index in [-0.39, 0.29) is 0 Å². The van der Waals surface area contributed by atoms with Gasteiger partial charge < -0.3 is 9.46 Å². The first-order valence-corrected chi connectivity index (χ1v) is 7.13. The van der Waals surface area contributed by atoms with Crippen molar-refractivity contribution in [1.29, 1.82) is 0 Å². The summed E-state index contributed by atoms with van der Waals surface area (Å²) in [4.78, 5) is 13.1. The summed E-state index contributed by atoms with van der Waals surface area (Å²) in [5.74, 6) is 1.18. The second-order valence-corrected chi connectivity index (χ2v) is 6.51. The van der Waals surface area contributed by atoms with Gasteiger partial charge in [0.25, 0.3) is 5.82 Å². The molecule has 0 bridgehead atoms. The highest BCUT2D eigenvalue weighted by Crippen LogP contribution is 2.72. The molecule has 0 aliphatic heterocycles. The monoisotopic (exact) mass is 398 g/mol. The minimum Gasteiger partial charge on any atom is -0.790 e. The maximum absolute atomic E-state index is 12.1. The van der Waals surface area contributed by atoms with Crippen molar-refractivity contribution in [2.45, 2.75) is 30.6 Å². The highest BCUT2D eigenvalue weighted by molar-refractivity contribution is 7.59. The number of H-pyrrole nitrogens is 1. The maximum atomic E-state index is 12.1. The molecule has 1 N–H and O–H groups in total. The van der Waals surface area contributed by atoms with E-state index in [4.69, 9.17) is 0 Å². The van der Waals surface area contributed by atoms with Crippen LogP contribution in [0.15, 0.2) is 12.4 Å². The zero-order valence-electron chi connectivity index (χ0n) is 11.6. The third kappa shape index (κ3) is 4.02. The van der Waals surface area contributed by atoms with Gasteiger partial charge in [-0.3, -0.25) is 0 Å². The van der Waals surface area contributed by atoms with Crippen molar-refractivity contribution in [2.75, 3.05) is 0 Å². The fraction of sp³-hybridized carbons (Fsp3) is 0.667. The molecule has 0 aromatic carbocycles. The quantitative estimate of drug-likeness (QED) is 0.473. The van der Waals surface area contributed by atoms with Gasteiger partial charge in [-0.05, 0) is 0 Å². The van der Waals surface area contributed by atoms with E-state index in [2.05, 4.69) is 4.98 Å². The first-order chi connectivity index (χ1) is 10.3. The smallest absolute Gasteiger partial charge is 0.459 e. The lowest BCUT2D eigenvalue weighted by Gasteiger charge is -2.38. The normalized spacial score (nSPS) is 14.2. The molecule has 0 fully saturated rings. The van der Waals surface area contributed by atoms with Crippen molar-refractivity contribution in [3.05, 3.63) is 18.2 Å². The summed E-state index contributed by atoms with van der Waals surface area (Å²) in [6, 6.07) is 0. The topological polar surface area (TPSA) is 59.8 Å². The second kappa shape index (κ2) is 6.54. The summed E-state index contributed by atoms with van der Waals surface area (Å²) in [6.07, 6.45) is -10.3. The molecule has 1 aromatic heterocycles. The Morgan fingerprint density at radius 3 is 1.42 bits per heavy atom. The first kappa shape index (κ1) is 22.7. The van der Waals surface area contributed by atoms with Crippen LogP contribution in [0.1, 0.15) is 5.82 Å². The largest absolute Gasteiger partial charge is 0.790 e. The van der Waals surface area contributed by atoms with Crippen molar-refractivity contribution < 1.29 is 57.9 Å². The van der Waals surface area contributed by atoms with Crippen LogP contribution in [0.2, 0.25) is 0 Å². The molecule has 24 heavy (non-hydrogen) atoms. The molecule has 0 spiro atoms. The van der Waals surface area contributed by atoms with Crippen LogP contribution in [0.25, 0.3) is 0 Å². The van der Waals surface area contributed by atoms with Gasteiger partial charge in [-0.1, -0.05) is 0 Å². The van der Waals surface area contributed by atoms with Crippen LogP contribution < -0.4 is 9.46 Å². The summed E-state index contributed by atoms with van der Waals surface area (Å²) in [6.45, 7) is 2.03. The van der Waals surface area contributed by atoms with Crippen molar-refractivity contribution in [2.24, 2.45) is 7.05 Å². The number of hydrogen-bond donors (Lipinski definition) is 1. The molecule has 15 heteroatoms. The van der Waals surface area contributed by atoms with Crippen LogP contribution >= 0.6 is 7.37 Å². The molecule has 1 heterocycles. The lowest BCUT2D eigenvalue weighted by atomic mass is 10.7. The summed E-state index contributed by atoms with van der Waals surface area (Å²) >= 11 is 0. The van der Waals surface area contributed by atoms with Gasteiger partial charge in [0.15, 0.2) is 7.37 Å². The fourth-order valence-corrected chi connectivity index (χ4v) is 2.01. The predicted molar refractivity (Wildman–Crippen MR) is 56.3 cm³/mol. The number of halogens is 10. The molecule has 0 radical (unpaired) electrons. The average molecular weight is 398 g/mol. The van der Waals surface area contributed by atoms with Gasteiger partial charge in [0.2, 0.25) is 0 Å². The predicted octanol–water partition coefficient (Wildman–Crippen LogP) is 3.08. The zero-order valence-corrected chi connectivity index (χ0v) is 12.5. The number of alkyl halides is 10. The van der Waals surface area contributed by atoms with E-state index in [9.17, 15) is 53.4 Å². The van der Waals surface area contributed by atoms with Gasteiger partial charge in [0.05, 0.1) is 7.05 Å². The van der Waals surface area contributed by atoms with E-state index in [0.717, 1.165) is 0 Å². The average Bonchev–Trinajstić information content (AvgIpc) is 2.71. The van der Waals surface area contributed by atoms with Crippen LogP contribution in [-0.4, -0.2) is 28.7 Å². The van der Waals surface area contributed by atoms with E-state index < -0.39 is 31.0 Å². The van der Waals surface area contributed by atoms with Crippen LogP contribution in [-0.2, 0) is 11.6 Å². The molecular formula is C9H9F10N2O2P.